The van der Waals surface area contributed by atoms with Gasteiger partial charge in [0.05, 0.1) is 16.2 Å². The summed E-state index contributed by atoms with van der Waals surface area (Å²) in [6.45, 7) is -0.0572. The van der Waals surface area contributed by atoms with Crippen LogP contribution in [0.15, 0.2) is 42.5 Å². The van der Waals surface area contributed by atoms with Crippen LogP contribution in [-0.4, -0.2) is 16.0 Å². The zero-order valence-electron chi connectivity index (χ0n) is 10.7. The van der Waals surface area contributed by atoms with E-state index in [1.54, 1.807) is 6.07 Å². The maximum Gasteiger partial charge on any atom is 0.337 e. The first-order valence-electron chi connectivity index (χ1n) is 5.98. The van der Waals surface area contributed by atoms with Crippen LogP contribution >= 0.6 is 0 Å². The monoisotopic (exact) mass is 290 g/mol. The molecular weight excluding hydrogens is 279 g/mol. The third-order valence-electron chi connectivity index (χ3n) is 2.89. The van der Waals surface area contributed by atoms with Gasteiger partial charge in [0.15, 0.2) is 0 Å². The zero-order chi connectivity index (χ0) is 15.4. The van der Waals surface area contributed by atoms with E-state index < -0.39 is 16.7 Å². The summed E-state index contributed by atoms with van der Waals surface area (Å²) in [7, 11) is 0. The lowest BCUT2D eigenvalue weighted by Crippen LogP contribution is -2.09. The number of halogens is 1. The van der Waals surface area contributed by atoms with Crippen LogP contribution in [0.3, 0.4) is 0 Å². The van der Waals surface area contributed by atoms with Crippen LogP contribution in [0.25, 0.3) is 0 Å². The van der Waals surface area contributed by atoms with Gasteiger partial charge in [0.25, 0.3) is 5.69 Å². The van der Waals surface area contributed by atoms with Crippen molar-refractivity contribution in [1.29, 1.82) is 0 Å². The molecule has 2 aromatic carbocycles. The summed E-state index contributed by atoms with van der Waals surface area (Å²) in [5, 5.41) is 22.5. The molecule has 0 amide bonds. The van der Waals surface area contributed by atoms with Gasteiger partial charge in [-0.1, -0.05) is 24.3 Å². The molecule has 2 N–H and O–H groups in total. The molecule has 0 heterocycles. The van der Waals surface area contributed by atoms with Gasteiger partial charge in [-0.15, -0.1) is 0 Å². The minimum Gasteiger partial charge on any atom is -0.478 e. The van der Waals surface area contributed by atoms with Crippen molar-refractivity contribution in [3.63, 3.8) is 0 Å². The first-order valence-corrected chi connectivity index (χ1v) is 5.98. The van der Waals surface area contributed by atoms with Crippen LogP contribution in [0.5, 0.6) is 0 Å². The number of nitrogens with one attached hydrogen (secondary N) is 1. The van der Waals surface area contributed by atoms with Crippen LogP contribution in [0.2, 0.25) is 0 Å². The van der Waals surface area contributed by atoms with E-state index in [1.807, 2.05) is 0 Å². The fourth-order valence-corrected chi connectivity index (χ4v) is 1.90. The summed E-state index contributed by atoms with van der Waals surface area (Å²) >= 11 is 0. The van der Waals surface area contributed by atoms with Crippen LogP contribution in [-0.2, 0) is 6.54 Å². The average Bonchev–Trinajstić information content (AvgIpc) is 2.45. The van der Waals surface area contributed by atoms with Gasteiger partial charge in [-0.3, -0.25) is 10.1 Å². The Hall–Kier alpha value is -2.96. The number of aromatic carboxylic acids is 1. The predicted molar refractivity (Wildman–Crippen MR) is 73.8 cm³/mol. The van der Waals surface area contributed by atoms with Gasteiger partial charge in [-0.2, -0.15) is 0 Å². The molecule has 0 spiro atoms. The molecule has 0 aliphatic carbocycles. The van der Waals surface area contributed by atoms with Crippen molar-refractivity contribution < 1.29 is 19.2 Å². The highest BCUT2D eigenvalue weighted by Gasteiger charge is 2.16. The van der Waals surface area contributed by atoms with E-state index in [9.17, 15) is 19.3 Å². The summed E-state index contributed by atoms with van der Waals surface area (Å²) in [6.07, 6.45) is 0. The molecular formula is C14H11FN2O4. The molecule has 7 heteroatoms. The number of hydrogen-bond acceptors (Lipinski definition) is 4. The van der Waals surface area contributed by atoms with E-state index in [4.69, 9.17) is 5.11 Å². The van der Waals surface area contributed by atoms with Crippen molar-refractivity contribution in [3.05, 3.63) is 69.5 Å². The van der Waals surface area contributed by atoms with Gasteiger partial charge in [0.2, 0.25) is 0 Å². The van der Waals surface area contributed by atoms with E-state index in [0.29, 0.717) is 5.56 Å². The lowest BCUT2D eigenvalue weighted by atomic mass is 10.1. The normalized spacial score (nSPS) is 10.1. The SMILES string of the molecule is O=C(O)c1cccc(F)c1NCc1ccccc1[N+](=O)[O-]. The number of hydrogen-bond donors (Lipinski definition) is 2. The van der Waals surface area contributed by atoms with Gasteiger partial charge in [0.1, 0.15) is 5.82 Å². The fourth-order valence-electron chi connectivity index (χ4n) is 1.90. The summed E-state index contributed by atoms with van der Waals surface area (Å²) < 4.78 is 13.7. The topological polar surface area (TPSA) is 92.5 Å². The highest BCUT2D eigenvalue weighted by Crippen LogP contribution is 2.23. The van der Waals surface area contributed by atoms with Gasteiger partial charge in [-0.25, -0.2) is 9.18 Å². The summed E-state index contributed by atoms with van der Waals surface area (Å²) in [4.78, 5) is 21.4. The molecule has 0 atom stereocenters. The van der Waals surface area contributed by atoms with Crippen LogP contribution in [0.4, 0.5) is 15.8 Å². The highest BCUT2D eigenvalue weighted by atomic mass is 19.1. The number of carboxylic acid groups (broad SMARTS) is 1. The van der Waals surface area contributed by atoms with Gasteiger partial charge in [-0.05, 0) is 12.1 Å². The molecule has 0 saturated heterocycles. The van der Waals surface area contributed by atoms with E-state index in [-0.39, 0.29) is 23.5 Å². The molecule has 0 aliphatic heterocycles. The first kappa shape index (κ1) is 14.4. The Labute approximate surface area is 119 Å². The molecule has 0 aromatic heterocycles. The number of nitro benzene ring substituents is 1. The number of rotatable bonds is 5. The zero-order valence-corrected chi connectivity index (χ0v) is 10.7. The van der Waals surface area contributed by atoms with Crippen molar-refractivity contribution in [2.24, 2.45) is 0 Å². The second-order valence-corrected chi connectivity index (χ2v) is 4.21. The third-order valence-corrected chi connectivity index (χ3v) is 2.89. The molecule has 0 aliphatic rings. The Balaban J connectivity index is 2.29. The van der Waals surface area contributed by atoms with Crippen molar-refractivity contribution in [2.75, 3.05) is 5.32 Å². The average molecular weight is 290 g/mol. The number of carbonyl (C=O) groups is 1. The lowest BCUT2D eigenvalue weighted by Gasteiger charge is -2.10. The van der Waals surface area contributed by atoms with Crippen molar-refractivity contribution >= 4 is 17.3 Å². The minimum atomic E-state index is -1.28. The summed E-state index contributed by atoms with van der Waals surface area (Å²) in [6, 6.07) is 9.65. The van der Waals surface area contributed by atoms with Crippen molar-refractivity contribution in [3.8, 4) is 0 Å². The van der Waals surface area contributed by atoms with Gasteiger partial charge in [0, 0.05) is 18.2 Å². The minimum absolute atomic E-state index is 0.0572. The maximum atomic E-state index is 13.7. The van der Waals surface area contributed by atoms with Gasteiger partial charge >= 0.3 is 5.97 Å². The molecule has 0 bridgehead atoms. The molecule has 0 saturated carbocycles. The van der Waals surface area contributed by atoms with Crippen molar-refractivity contribution in [2.45, 2.75) is 6.54 Å². The molecule has 21 heavy (non-hydrogen) atoms. The van der Waals surface area contributed by atoms with E-state index in [0.717, 1.165) is 6.07 Å². The highest BCUT2D eigenvalue weighted by molar-refractivity contribution is 5.94. The molecule has 0 fully saturated rings. The fraction of sp³-hybridized carbons (Fsp3) is 0.0714. The molecule has 2 aromatic rings. The quantitative estimate of drug-likeness (QED) is 0.652. The van der Waals surface area contributed by atoms with E-state index in [1.165, 1.54) is 30.3 Å². The molecule has 2 rings (SSSR count). The number of nitrogens with zero attached hydrogens (tertiary/aromatic N) is 1. The van der Waals surface area contributed by atoms with Crippen LogP contribution in [0, 0.1) is 15.9 Å². The Morgan fingerprint density at radius 3 is 2.62 bits per heavy atom. The van der Waals surface area contributed by atoms with E-state index in [2.05, 4.69) is 5.32 Å². The Morgan fingerprint density at radius 2 is 1.95 bits per heavy atom. The number of anilines is 1. The third kappa shape index (κ3) is 3.14. The maximum absolute atomic E-state index is 13.7. The van der Waals surface area contributed by atoms with Crippen LogP contribution in [0.1, 0.15) is 15.9 Å². The molecule has 6 nitrogen and oxygen atoms in total. The number of nitro groups is 1. The Bertz CT molecular complexity index is 703. The van der Waals surface area contributed by atoms with Crippen LogP contribution < -0.4 is 5.32 Å². The standard InChI is InChI=1S/C14H11FN2O4/c15-11-6-3-5-10(14(18)19)13(11)16-8-9-4-1-2-7-12(9)17(20)21/h1-7,16H,8H2,(H,18,19). The number of para-hydroxylation sites is 2. The molecule has 0 unspecified atom stereocenters. The molecule has 108 valence electrons. The lowest BCUT2D eigenvalue weighted by molar-refractivity contribution is -0.385. The number of carboxylic acids is 1. The summed E-state index contributed by atoms with van der Waals surface area (Å²) in [5.41, 5.74) is -0.197. The largest absolute Gasteiger partial charge is 0.478 e. The molecule has 0 radical (unpaired) electrons. The second kappa shape index (κ2) is 6.00. The number of benzene rings is 2. The Kier molecular flexibility index (Phi) is 4.13. The second-order valence-electron chi connectivity index (χ2n) is 4.21. The first-order chi connectivity index (χ1) is 10.0. The van der Waals surface area contributed by atoms with E-state index >= 15 is 0 Å². The summed E-state index contributed by atoms with van der Waals surface area (Å²) in [5.74, 6) is -2.01. The smallest absolute Gasteiger partial charge is 0.337 e. The van der Waals surface area contributed by atoms with Gasteiger partial charge < -0.3 is 10.4 Å². The predicted octanol–water partition coefficient (Wildman–Crippen LogP) is 3.04. The van der Waals surface area contributed by atoms with Crippen molar-refractivity contribution in [1.82, 2.24) is 0 Å². The Morgan fingerprint density at radius 1 is 1.24 bits per heavy atom.